The quantitative estimate of drug-likeness (QED) is 0.838. The molecular weight excluding hydrogens is 272 g/mol. The van der Waals surface area contributed by atoms with E-state index in [1.807, 2.05) is 13.8 Å². The zero-order chi connectivity index (χ0) is 14.7. The van der Waals surface area contributed by atoms with Gasteiger partial charge in [0, 0.05) is 6.04 Å². The van der Waals surface area contributed by atoms with Gasteiger partial charge in [-0.25, -0.2) is 4.79 Å². The number of nitrogens with zero attached hydrogens (tertiary/aromatic N) is 1. The minimum atomic E-state index is -0.265. The topological polar surface area (TPSA) is 51.2 Å². The van der Waals surface area contributed by atoms with Crippen LogP contribution in [0.25, 0.3) is 0 Å². The van der Waals surface area contributed by atoms with Crippen LogP contribution in [0.15, 0.2) is 0 Å². The normalized spacial score (nSPS) is 25.7. The van der Waals surface area contributed by atoms with Crippen LogP contribution in [0.2, 0.25) is 0 Å². The van der Waals surface area contributed by atoms with Crippen LogP contribution in [-0.2, 0) is 4.74 Å². The molecule has 20 heavy (non-hydrogen) atoms. The monoisotopic (exact) mass is 296 g/mol. The van der Waals surface area contributed by atoms with Gasteiger partial charge in [0.2, 0.25) is 0 Å². The van der Waals surface area contributed by atoms with Crippen LogP contribution < -0.4 is 5.32 Å². The van der Waals surface area contributed by atoms with Crippen molar-refractivity contribution in [3.05, 3.63) is 11.3 Å². The molecule has 1 aromatic heterocycles. The molecule has 0 aromatic carbocycles. The van der Waals surface area contributed by atoms with Crippen LogP contribution in [0.4, 0.5) is 5.00 Å². The summed E-state index contributed by atoms with van der Waals surface area (Å²) >= 11 is 1.37. The predicted octanol–water partition coefficient (Wildman–Crippen LogP) is 3.86. The Balaban J connectivity index is 2.12. The van der Waals surface area contributed by atoms with Gasteiger partial charge in [-0.05, 0) is 50.1 Å². The van der Waals surface area contributed by atoms with Crippen LogP contribution in [0.5, 0.6) is 0 Å². The summed E-state index contributed by atoms with van der Waals surface area (Å²) in [5.41, 5.74) is 1.37. The lowest BCUT2D eigenvalue weighted by Gasteiger charge is -2.21. The fraction of sp³-hybridized carbons (Fsp3) is 0.733. The molecule has 2 rings (SSSR count). The molecule has 0 saturated heterocycles. The number of carbonyl (C=O) groups excluding carboxylic acids is 1. The molecule has 1 aliphatic carbocycles. The first-order valence-electron chi connectivity index (χ1n) is 7.48. The summed E-state index contributed by atoms with van der Waals surface area (Å²) in [7, 11) is 0. The van der Waals surface area contributed by atoms with Gasteiger partial charge in [0.15, 0.2) is 0 Å². The molecule has 4 nitrogen and oxygen atoms in total. The molecule has 0 aliphatic heterocycles. The van der Waals surface area contributed by atoms with E-state index in [1.54, 1.807) is 0 Å². The highest BCUT2D eigenvalue weighted by molar-refractivity contribution is 7.10. The van der Waals surface area contributed by atoms with Gasteiger partial charge >= 0.3 is 5.97 Å². The largest absolute Gasteiger partial charge is 0.462 e. The maximum absolute atomic E-state index is 12.0. The SMILES string of the molecule is CCOC(=O)c1c(C)nsc1NC1CCC(CC)C1C. The van der Waals surface area contributed by atoms with E-state index >= 15 is 0 Å². The molecule has 5 heteroatoms. The summed E-state index contributed by atoms with van der Waals surface area (Å²) in [4.78, 5) is 12.0. The van der Waals surface area contributed by atoms with E-state index in [0.29, 0.717) is 24.1 Å². The summed E-state index contributed by atoms with van der Waals surface area (Å²) in [6.45, 7) is 8.64. The molecular formula is C15H24N2O2S. The maximum Gasteiger partial charge on any atom is 0.343 e. The number of rotatable bonds is 5. The molecule has 3 atom stereocenters. The average molecular weight is 296 g/mol. The van der Waals surface area contributed by atoms with Gasteiger partial charge in [-0.15, -0.1) is 0 Å². The van der Waals surface area contributed by atoms with Gasteiger partial charge in [-0.1, -0.05) is 20.3 Å². The minimum Gasteiger partial charge on any atom is -0.462 e. The fourth-order valence-corrected chi connectivity index (χ4v) is 3.95. The van der Waals surface area contributed by atoms with Crippen molar-refractivity contribution in [2.45, 2.75) is 53.0 Å². The maximum atomic E-state index is 12.0. The van der Waals surface area contributed by atoms with Crippen molar-refractivity contribution in [2.24, 2.45) is 11.8 Å². The molecule has 1 aliphatic rings. The Bertz CT molecular complexity index is 472. The van der Waals surface area contributed by atoms with E-state index in [2.05, 4.69) is 23.5 Å². The van der Waals surface area contributed by atoms with E-state index in [1.165, 1.54) is 30.8 Å². The van der Waals surface area contributed by atoms with Crippen LogP contribution in [-0.4, -0.2) is 23.0 Å². The van der Waals surface area contributed by atoms with Crippen molar-refractivity contribution < 1.29 is 9.53 Å². The molecule has 0 bridgehead atoms. The molecule has 3 unspecified atom stereocenters. The molecule has 1 aromatic rings. The zero-order valence-corrected chi connectivity index (χ0v) is 13.5. The number of hydrogen-bond donors (Lipinski definition) is 1. The lowest BCUT2D eigenvalue weighted by atomic mass is 9.93. The Labute approximate surface area is 125 Å². The van der Waals surface area contributed by atoms with Gasteiger partial charge in [0.1, 0.15) is 10.6 Å². The van der Waals surface area contributed by atoms with E-state index in [-0.39, 0.29) is 5.97 Å². The van der Waals surface area contributed by atoms with Crippen molar-refractivity contribution >= 4 is 22.5 Å². The van der Waals surface area contributed by atoms with Gasteiger partial charge in [-0.2, -0.15) is 4.37 Å². The van der Waals surface area contributed by atoms with Gasteiger partial charge in [0.25, 0.3) is 0 Å². The third-order valence-electron chi connectivity index (χ3n) is 4.41. The average Bonchev–Trinajstić information content (AvgIpc) is 2.95. The molecule has 1 saturated carbocycles. The second-order valence-electron chi connectivity index (χ2n) is 5.55. The highest BCUT2D eigenvalue weighted by atomic mass is 32.1. The fourth-order valence-electron chi connectivity index (χ4n) is 3.11. The minimum absolute atomic E-state index is 0.265. The van der Waals surface area contributed by atoms with Crippen LogP contribution in [0.3, 0.4) is 0 Å². The molecule has 1 N–H and O–H groups in total. The molecule has 0 radical (unpaired) electrons. The summed E-state index contributed by atoms with van der Waals surface area (Å²) < 4.78 is 9.43. The highest BCUT2D eigenvalue weighted by Gasteiger charge is 2.33. The highest BCUT2D eigenvalue weighted by Crippen LogP contribution is 2.37. The van der Waals surface area contributed by atoms with E-state index in [9.17, 15) is 4.79 Å². The summed E-state index contributed by atoms with van der Waals surface area (Å²) in [5, 5.41) is 4.41. The number of aromatic nitrogens is 1. The predicted molar refractivity (Wildman–Crippen MR) is 82.4 cm³/mol. The lowest BCUT2D eigenvalue weighted by Crippen LogP contribution is -2.25. The molecule has 1 heterocycles. The first-order chi connectivity index (χ1) is 9.58. The Morgan fingerprint density at radius 3 is 2.80 bits per heavy atom. The van der Waals surface area contributed by atoms with Gasteiger partial charge in [0.05, 0.1) is 12.3 Å². The first-order valence-corrected chi connectivity index (χ1v) is 8.25. The van der Waals surface area contributed by atoms with E-state index < -0.39 is 0 Å². The summed E-state index contributed by atoms with van der Waals surface area (Å²) in [5.74, 6) is 1.16. The smallest absolute Gasteiger partial charge is 0.343 e. The van der Waals surface area contributed by atoms with E-state index in [4.69, 9.17) is 4.74 Å². The van der Waals surface area contributed by atoms with Crippen molar-refractivity contribution in [2.75, 3.05) is 11.9 Å². The third kappa shape index (κ3) is 2.97. The zero-order valence-electron chi connectivity index (χ0n) is 12.7. The molecule has 0 amide bonds. The Kier molecular flexibility index (Phi) is 5.02. The Morgan fingerprint density at radius 1 is 1.45 bits per heavy atom. The van der Waals surface area contributed by atoms with E-state index in [0.717, 1.165) is 16.6 Å². The number of aryl methyl sites for hydroxylation is 1. The van der Waals surface area contributed by atoms with Crippen LogP contribution >= 0.6 is 11.5 Å². The van der Waals surface area contributed by atoms with Gasteiger partial charge in [-0.3, -0.25) is 0 Å². The third-order valence-corrected chi connectivity index (χ3v) is 5.28. The van der Waals surface area contributed by atoms with Gasteiger partial charge < -0.3 is 10.1 Å². The molecule has 1 fully saturated rings. The second-order valence-corrected chi connectivity index (χ2v) is 6.32. The number of esters is 1. The Hall–Kier alpha value is -1.10. The van der Waals surface area contributed by atoms with Crippen molar-refractivity contribution in [1.82, 2.24) is 4.37 Å². The number of ether oxygens (including phenoxy) is 1. The van der Waals surface area contributed by atoms with Crippen LogP contribution in [0.1, 0.15) is 56.1 Å². The lowest BCUT2D eigenvalue weighted by molar-refractivity contribution is 0.0527. The van der Waals surface area contributed by atoms with Crippen molar-refractivity contribution in [3.8, 4) is 0 Å². The standard InChI is InChI=1S/C15H24N2O2S/c1-5-11-7-8-12(9(11)3)16-14-13(10(4)17-20-14)15(18)19-6-2/h9,11-12,16H,5-8H2,1-4H3. The van der Waals surface area contributed by atoms with Crippen molar-refractivity contribution in [3.63, 3.8) is 0 Å². The first kappa shape index (κ1) is 15.3. The van der Waals surface area contributed by atoms with Crippen molar-refractivity contribution in [1.29, 1.82) is 0 Å². The number of hydrogen-bond acceptors (Lipinski definition) is 5. The second kappa shape index (κ2) is 6.57. The number of anilines is 1. The summed E-state index contributed by atoms with van der Waals surface area (Å²) in [6, 6.07) is 0.438. The van der Waals surface area contributed by atoms with Crippen LogP contribution in [0, 0.1) is 18.8 Å². The Morgan fingerprint density at radius 2 is 2.20 bits per heavy atom. The molecule has 112 valence electrons. The number of nitrogens with one attached hydrogen (secondary N) is 1. The number of carbonyl (C=O) groups is 1. The summed E-state index contributed by atoms with van der Waals surface area (Å²) in [6.07, 6.45) is 3.66. The molecule has 0 spiro atoms.